The average Bonchev–Trinajstić information content (AvgIpc) is 1.88. The second kappa shape index (κ2) is 1.99. The first kappa shape index (κ1) is 6.44. The Kier molecular flexibility index (Phi) is 1.16. The fourth-order valence-corrected chi connectivity index (χ4v) is 2.65. The van der Waals surface area contributed by atoms with Gasteiger partial charge in [-0.2, -0.15) is 0 Å². The molecule has 0 N–H and O–H groups in total. The van der Waals surface area contributed by atoms with Crippen LogP contribution in [0.25, 0.3) is 0 Å². The average molecular weight is 152 g/mol. The molecule has 2 atom stereocenters. The van der Waals surface area contributed by atoms with E-state index in [1.807, 2.05) is 0 Å². The molecule has 0 radical (unpaired) electrons. The van der Waals surface area contributed by atoms with Gasteiger partial charge in [0.05, 0.1) is 0 Å². The summed E-state index contributed by atoms with van der Waals surface area (Å²) in [6.07, 6.45) is 4.44. The SMILES string of the molecule is CN1CC2C1CN2C1CCC1. The zero-order chi connectivity index (χ0) is 7.42. The van der Waals surface area contributed by atoms with Crippen molar-refractivity contribution in [3.8, 4) is 0 Å². The van der Waals surface area contributed by atoms with Gasteiger partial charge in [0.1, 0.15) is 0 Å². The molecule has 2 heterocycles. The maximum Gasteiger partial charge on any atom is 0.0394 e. The maximum absolute atomic E-state index is 2.73. The number of likely N-dealkylation sites (tertiary alicyclic amines) is 2. The first-order valence-electron chi connectivity index (χ1n) is 4.82. The third-order valence-electron chi connectivity index (χ3n) is 3.85. The van der Waals surface area contributed by atoms with Gasteiger partial charge in [-0.15, -0.1) is 0 Å². The molecule has 2 unspecified atom stereocenters. The molecule has 0 bridgehead atoms. The van der Waals surface area contributed by atoms with E-state index in [2.05, 4.69) is 16.8 Å². The van der Waals surface area contributed by atoms with Crippen molar-refractivity contribution in [3.63, 3.8) is 0 Å². The lowest BCUT2D eigenvalue weighted by molar-refractivity contribution is -0.143. The van der Waals surface area contributed by atoms with E-state index in [1.165, 1.54) is 32.4 Å². The van der Waals surface area contributed by atoms with Gasteiger partial charge >= 0.3 is 0 Å². The molecule has 1 saturated carbocycles. The second-order valence-corrected chi connectivity index (χ2v) is 4.36. The van der Waals surface area contributed by atoms with Crippen LogP contribution >= 0.6 is 0 Å². The Labute approximate surface area is 68.2 Å². The number of hydrogen-bond donors (Lipinski definition) is 0. The third kappa shape index (κ3) is 0.695. The highest BCUT2D eigenvalue weighted by Crippen LogP contribution is 2.38. The Bertz CT molecular complexity index is 176. The molecule has 0 spiro atoms. The number of rotatable bonds is 1. The lowest BCUT2D eigenvalue weighted by atomic mass is 9.79. The predicted molar refractivity (Wildman–Crippen MR) is 44.6 cm³/mol. The lowest BCUT2D eigenvalue weighted by Gasteiger charge is -2.64. The van der Waals surface area contributed by atoms with Crippen molar-refractivity contribution in [2.75, 3.05) is 20.1 Å². The van der Waals surface area contributed by atoms with Crippen LogP contribution in [-0.4, -0.2) is 48.1 Å². The van der Waals surface area contributed by atoms with Crippen LogP contribution in [0.2, 0.25) is 0 Å². The van der Waals surface area contributed by atoms with Gasteiger partial charge in [-0.1, -0.05) is 6.42 Å². The van der Waals surface area contributed by atoms with Crippen LogP contribution in [0.4, 0.5) is 0 Å². The number of piperazine rings is 1. The minimum Gasteiger partial charge on any atom is -0.299 e. The summed E-state index contributed by atoms with van der Waals surface area (Å²) in [4.78, 5) is 5.22. The molecular formula is C9H16N2. The summed E-state index contributed by atoms with van der Waals surface area (Å²) in [7, 11) is 2.25. The molecule has 0 amide bonds. The Balaban J connectivity index is 1.60. The first-order valence-corrected chi connectivity index (χ1v) is 4.82. The summed E-state index contributed by atoms with van der Waals surface area (Å²) in [5, 5.41) is 0. The quantitative estimate of drug-likeness (QED) is 0.541. The highest BCUT2D eigenvalue weighted by atomic mass is 15.4. The first-order chi connectivity index (χ1) is 5.36. The van der Waals surface area contributed by atoms with Crippen LogP contribution in [0.5, 0.6) is 0 Å². The molecule has 0 aromatic heterocycles. The molecular weight excluding hydrogens is 136 g/mol. The molecule has 3 rings (SSSR count). The van der Waals surface area contributed by atoms with E-state index in [-0.39, 0.29) is 0 Å². The van der Waals surface area contributed by atoms with Crippen LogP contribution in [0, 0.1) is 0 Å². The van der Waals surface area contributed by atoms with Crippen LogP contribution in [0.3, 0.4) is 0 Å². The third-order valence-corrected chi connectivity index (χ3v) is 3.85. The van der Waals surface area contributed by atoms with Gasteiger partial charge in [0, 0.05) is 31.2 Å². The Hall–Kier alpha value is -0.0800. The van der Waals surface area contributed by atoms with Crippen molar-refractivity contribution in [1.29, 1.82) is 0 Å². The largest absolute Gasteiger partial charge is 0.299 e. The Morgan fingerprint density at radius 1 is 1.09 bits per heavy atom. The Morgan fingerprint density at radius 2 is 1.91 bits per heavy atom. The number of nitrogens with zero attached hydrogens (tertiary/aromatic N) is 2. The van der Waals surface area contributed by atoms with Crippen molar-refractivity contribution in [3.05, 3.63) is 0 Å². The van der Waals surface area contributed by atoms with E-state index >= 15 is 0 Å². The molecule has 62 valence electrons. The van der Waals surface area contributed by atoms with Crippen molar-refractivity contribution in [2.45, 2.75) is 37.4 Å². The smallest absolute Gasteiger partial charge is 0.0394 e. The van der Waals surface area contributed by atoms with E-state index in [0.29, 0.717) is 0 Å². The van der Waals surface area contributed by atoms with E-state index in [4.69, 9.17) is 0 Å². The molecule has 0 aromatic carbocycles. The van der Waals surface area contributed by atoms with E-state index in [1.54, 1.807) is 0 Å². The van der Waals surface area contributed by atoms with Gasteiger partial charge in [-0.25, -0.2) is 0 Å². The summed E-state index contributed by atoms with van der Waals surface area (Å²) in [5.41, 5.74) is 0. The summed E-state index contributed by atoms with van der Waals surface area (Å²) < 4.78 is 0. The normalized spacial score (nSPS) is 45.5. The van der Waals surface area contributed by atoms with Gasteiger partial charge < -0.3 is 0 Å². The monoisotopic (exact) mass is 152 g/mol. The number of hydrogen-bond acceptors (Lipinski definition) is 2. The zero-order valence-electron chi connectivity index (χ0n) is 7.16. The van der Waals surface area contributed by atoms with Gasteiger partial charge in [-0.05, 0) is 19.9 Å². The standard InChI is InChI=1S/C9H16N2/c1-10-5-9-8(10)6-11(9)7-3-2-4-7/h7-9H,2-6H2,1H3. The summed E-state index contributed by atoms with van der Waals surface area (Å²) in [6, 6.07) is 2.89. The second-order valence-electron chi connectivity index (χ2n) is 4.36. The van der Waals surface area contributed by atoms with E-state index in [9.17, 15) is 0 Å². The lowest BCUT2D eigenvalue weighted by Crippen LogP contribution is -2.79. The predicted octanol–water partition coefficient (Wildman–Crippen LogP) is 0.537. The molecule has 0 aromatic rings. The minimum atomic E-state index is 0.940. The van der Waals surface area contributed by atoms with Gasteiger partial charge in [-0.3, -0.25) is 9.80 Å². The molecule has 11 heavy (non-hydrogen) atoms. The van der Waals surface area contributed by atoms with Gasteiger partial charge in [0.25, 0.3) is 0 Å². The molecule has 2 heteroatoms. The maximum atomic E-state index is 2.73. The summed E-state index contributed by atoms with van der Waals surface area (Å²) in [6.45, 7) is 2.70. The van der Waals surface area contributed by atoms with Crippen molar-refractivity contribution in [1.82, 2.24) is 9.80 Å². The Morgan fingerprint density at radius 3 is 2.27 bits per heavy atom. The van der Waals surface area contributed by atoms with E-state index < -0.39 is 0 Å². The van der Waals surface area contributed by atoms with Gasteiger partial charge in [0.15, 0.2) is 0 Å². The highest BCUT2D eigenvalue weighted by molar-refractivity contribution is 5.09. The van der Waals surface area contributed by atoms with Crippen molar-refractivity contribution in [2.24, 2.45) is 0 Å². The molecule has 2 saturated heterocycles. The number of fused-ring (bicyclic) bond motifs is 1. The fraction of sp³-hybridized carbons (Fsp3) is 1.00. The molecule has 2 aliphatic heterocycles. The molecule has 3 fully saturated rings. The molecule has 3 aliphatic rings. The molecule has 2 nitrogen and oxygen atoms in total. The minimum absolute atomic E-state index is 0.940. The summed E-state index contributed by atoms with van der Waals surface area (Å²) >= 11 is 0. The van der Waals surface area contributed by atoms with Crippen LogP contribution < -0.4 is 0 Å². The number of likely N-dealkylation sites (N-methyl/N-ethyl adjacent to an activating group) is 1. The van der Waals surface area contributed by atoms with E-state index in [0.717, 1.165) is 18.1 Å². The summed E-state index contributed by atoms with van der Waals surface area (Å²) in [5.74, 6) is 0. The van der Waals surface area contributed by atoms with Crippen LogP contribution in [-0.2, 0) is 0 Å². The van der Waals surface area contributed by atoms with Crippen molar-refractivity contribution < 1.29 is 0 Å². The zero-order valence-corrected chi connectivity index (χ0v) is 7.16. The fourth-order valence-electron chi connectivity index (χ4n) is 2.65. The van der Waals surface area contributed by atoms with Crippen LogP contribution in [0.1, 0.15) is 19.3 Å². The topological polar surface area (TPSA) is 6.48 Å². The molecule has 1 aliphatic carbocycles. The van der Waals surface area contributed by atoms with Gasteiger partial charge in [0.2, 0.25) is 0 Å². The highest BCUT2D eigenvalue weighted by Gasteiger charge is 2.52. The van der Waals surface area contributed by atoms with Crippen molar-refractivity contribution >= 4 is 0 Å². The van der Waals surface area contributed by atoms with Crippen LogP contribution in [0.15, 0.2) is 0 Å².